The van der Waals surface area contributed by atoms with Gasteiger partial charge in [-0.2, -0.15) is 0 Å². The molecule has 3 rings (SSSR count). The van der Waals surface area contributed by atoms with Crippen LogP contribution < -0.4 is 0 Å². The largest absolute Gasteiger partial charge is 0.332 e. The molecule has 6 heteroatoms. The maximum Gasteiger partial charge on any atom is 0.254 e. The van der Waals surface area contributed by atoms with E-state index in [0.29, 0.717) is 25.2 Å². The molecule has 0 saturated heterocycles. The molecule has 0 atom stereocenters. The van der Waals surface area contributed by atoms with E-state index in [2.05, 4.69) is 0 Å². The van der Waals surface area contributed by atoms with Gasteiger partial charge in [-0.25, -0.2) is 4.39 Å². The van der Waals surface area contributed by atoms with Gasteiger partial charge >= 0.3 is 0 Å². The molecule has 0 spiro atoms. The van der Waals surface area contributed by atoms with Crippen molar-refractivity contribution in [1.82, 2.24) is 9.80 Å². The van der Waals surface area contributed by atoms with Gasteiger partial charge in [-0.15, -0.1) is 11.3 Å². The van der Waals surface area contributed by atoms with Gasteiger partial charge in [0.25, 0.3) is 5.91 Å². The predicted octanol–water partition coefficient (Wildman–Crippen LogP) is 5.59. The van der Waals surface area contributed by atoms with Gasteiger partial charge in [-0.3, -0.25) is 9.59 Å². The van der Waals surface area contributed by atoms with Crippen LogP contribution in [0.4, 0.5) is 4.39 Å². The van der Waals surface area contributed by atoms with Crippen molar-refractivity contribution in [2.45, 2.75) is 40.3 Å². The van der Waals surface area contributed by atoms with Crippen LogP contribution in [-0.4, -0.2) is 34.7 Å². The Kier molecular flexibility index (Phi) is 8.17. The summed E-state index contributed by atoms with van der Waals surface area (Å²) in [6.07, 6.45) is 0.757. The van der Waals surface area contributed by atoms with Crippen molar-refractivity contribution < 1.29 is 14.0 Å². The second kappa shape index (κ2) is 11.0. The van der Waals surface area contributed by atoms with Crippen molar-refractivity contribution in [2.24, 2.45) is 0 Å². The Morgan fingerprint density at radius 2 is 1.56 bits per heavy atom. The number of carbonyl (C=O) groups excluding carboxylic acids is 2. The van der Waals surface area contributed by atoms with Gasteiger partial charge in [0.05, 0.1) is 6.54 Å². The number of hydrogen-bond acceptors (Lipinski definition) is 3. The summed E-state index contributed by atoms with van der Waals surface area (Å²) in [5.74, 6) is -0.582. The molecule has 32 heavy (non-hydrogen) atoms. The molecule has 2 aromatic carbocycles. The minimum atomic E-state index is -0.307. The summed E-state index contributed by atoms with van der Waals surface area (Å²) in [4.78, 5) is 32.0. The van der Waals surface area contributed by atoms with Gasteiger partial charge in [-0.05, 0) is 62.2 Å². The van der Waals surface area contributed by atoms with Crippen molar-refractivity contribution in [2.75, 3.05) is 13.1 Å². The molecule has 0 bridgehead atoms. The van der Waals surface area contributed by atoms with E-state index in [4.69, 9.17) is 0 Å². The number of thiophene rings is 1. The molecule has 1 heterocycles. The molecule has 3 aromatic rings. The minimum absolute atomic E-state index is 0.00605. The summed E-state index contributed by atoms with van der Waals surface area (Å²) < 4.78 is 13.3. The average Bonchev–Trinajstić information content (AvgIpc) is 3.19. The van der Waals surface area contributed by atoms with E-state index in [1.54, 1.807) is 45.4 Å². The Morgan fingerprint density at radius 3 is 2.16 bits per heavy atom. The van der Waals surface area contributed by atoms with Crippen molar-refractivity contribution in [3.63, 3.8) is 0 Å². The van der Waals surface area contributed by atoms with E-state index >= 15 is 0 Å². The summed E-state index contributed by atoms with van der Waals surface area (Å²) >= 11 is 1.65. The number of halogens is 1. The third kappa shape index (κ3) is 6.50. The lowest BCUT2D eigenvalue weighted by molar-refractivity contribution is -0.133. The van der Waals surface area contributed by atoms with Crippen LogP contribution in [0.25, 0.3) is 0 Å². The zero-order chi connectivity index (χ0) is 23.1. The van der Waals surface area contributed by atoms with E-state index < -0.39 is 0 Å². The molecule has 0 N–H and O–H groups in total. The highest BCUT2D eigenvalue weighted by Crippen LogP contribution is 2.19. The predicted molar refractivity (Wildman–Crippen MR) is 127 cm³/mol. The van der Waals surface area contributed by atoms with Gasteiger partial charge < -0.3 is 9.80 Å². The lowest BCUT2D eigenvalue weighted by Gasteiger charge is -2.27. The Morgan fingerprint density at radius 1 is 0.875 bits per heavy atom. The number of rotatable bonds is 9. The third-order valence-corrected chi connectivity index (χ3v) is 6.17. The smallest absolute Gasteiger partial charge is 0.254 e. The number of amides is 2. The number of nitrogens with zero attached hydrogens (tertiary/aromatic N) is 2. The van der Waals surface area contributed by atoms with Crippen LogP contribution in [0.2, 0.25) is 0 Å². The van der Waals surface area contributed by atoms with Gasteiger partial charge in [0.15, 0.2) is 0 Å². The van der Waals surface area contributed by atoms with E-state index in [1.165, 1.54) is 17.0 Å². The van der Waals surface area contributed by atoms with Crippen LogP contribution in [0.1, 0.15) is 44.6 Å². The molecule has 2 amide bonds. The van der Waals surface area contributed by atoms with Crippen LogP contribution in [-0.2, 0) is 17.9 Å². The molecular weight excluding hydrogens is 423 g/mol. The molecule has 1 aromatic heterocycles. The molecule has 4 nitrogen and oxygen atoms in total. The minimum Gasteiger partial charge on any atom is -0.332 e. The first-order valence-electron chi connectivity index (χ1n) is 10.8. The maximum absolute atomic E-state index is 13.4. The van der Waals surface area contributed by atoms with E-state index in [0.717, 1.165) is 22.4 Å². The zero-order valence-electron chi connectivity index (χ0n) is 18.8. The molecule has 0 aliphatic rings. The molecular formula is C26H29FN2O2S. The topological polar surface area (TPSA) is 40.6 Å². The Hall–Kier alpha value is -2.99. The van der Waals surface area contributed by atoms with Gasteiger partial charge in [0.2, 0.25) is 5.91 Å². The quantitative estimate of drug-likeness (QED) is 0.425. The number of benzene rings is 2. The number of hydrogen-bond donors (Lipinski definition) is 0. The third-order valence-electron chi connectivity index (χ3n) is 5.19. The van der Waals surface area contributed by atoms with Crippen molar-refractivity contribution in [1.29, 1.82) is 0 Å². The van der Waals surface area contributed by atoms with Gasteiger partial charge in [0, 0.05) is 28.4 Å². The molecule has 0 radical (unpaired) electrons. The lowest BCUT2D eigenvalue weighted by atomic mass is 10.1. The zero-order valence-corrected chi connectivity index (χ0v) is 19.6. The van der Waals surface area contributed by atoms with Crippen molar-refractivity contribution in [3.05, 3.63) is 92.9 Å². The standard InChI is InChI=1S/C26H29FN2O2S/c1-4-15-28(26(31)22-10-5-19(2)6-11-22)18-25(30)29(17-24-14-7-20(3)32-24)16-21-8-12-23(27)13-9-21/h5-14H,4,15-18H2,1-3H3. The first-order chi connectivity index (χ1) is 15.4. The van der Waals surface area contributed by atoms with Crippen LogP contribution in [0.5, 0.6) is 0 Å². The van der Waals surface area contributed by atoms with Crippen LogP contribution in [0.3, 0.4) is 0 Å². The van der Waals surface area contributed by atoms with E-state index in [1.807, 2.05) is 45.0 Å². The molecule has 0 aliphatic carbocycles. The first kappa shape index (κ1) is 23.7. The second-order valence-corrected chi connectivity index (χ2v) is 9.35. The highest BCUT2D eigenvalue weighted by molar-refractivity contribution is 7.11. The molecule has 0 saturated carbocycles. The van der Waals surface area contributed by atoms with Gasteiger partial charge in [-0.1, -0.05) is 36.8 Å². The summed E-state index contributed by atoms with van der Waals surface area (Å²) in [7, 11) is 0. The Labute approximate surface area is 193 Å². The fourth-order valence-electron chi connectivity index (χ4n) is 3.46. The Balaban J connectivity index is 1.79. The Bertz CT molecular complexity index is 1040. The average molecular weight is 453 g/mol. The van der Waals surface area contributed by atoms with E-state index in [-0.39, 0.29) is 24.2 Å². The SMILES string of the molecule is CCCN(CC(=O)N(Cc1ccc(F)cc1)Cc1ccc(C)s1)C(=O)c1ccc(C)cc1. The number of aryl methyl sites for hydroxylation is 2. The summed E-state index contributed by atoms with van der Waals surface area (Å²) in [6.45, 7) is 7.31. The van der Waals surface area contributed by atoms with Gasteiger partial charge in [0.1, 0.15) is 12.4 Å². The fourth-order valence-corrected chi connectivity index (χ4v) is 4.37. The normalized spacial score (nSPS) is 10.8. The van der Waals surface area contributed by atoms with Crippen molar-refractivity contribution >= 4 is 23.2 Å². The monoisotopic (exact) mass is 452 g/mol. The molecule has 0 unspecified atom stereocenters. The van der Waals surface area contributed by atoms with Crippen LogP contribution in [0.15, 0.2) is 60.7 Å². The fraction of sp³-hybridized carbons (Fsp3) is 0.308. The molecule has 168 valence electrons. The molecule has 0 aliphatic heterocycles. The molecule has 0 fully saturated rings. The van der Waals surface area contributed by atoms with E-state index in [9.17, 15) is 14.0 Å². The first-order valence-corrected chi connectivity index (χ1v) is 11.6. The van der Waals surface area contributed by atoms with Crippen LogP contribution in [0, 0.1) is 19.7 Å². The summed E-state index contributed by atoms with van der Waals surface area (Å²) in [5, 5.41) is 0. The maximum atomic E-state index is 13.4. The van der Waals surface area contributed by atoms with Crippen molar-refractivity contribution in [3.8, 4) is 0 Å². The second-order valence-electron chi connectivity index (χ2n) is 7.98. The number of carbonyl (C=O) groups is 2. The highest BCUT2D eigenvalue weighted by Gasteiger charge is 2.22. The highest BCUT2D eigenvalue weighted by atomic mass is 32.1. The van der Waals surface area contributed by atoms with Crippen LogP contribution >= 0.6 is 11.3 Å². The lowest BCUT2D eigenvalue weighted by Crippen LogP contribution is -2.42. The summed E-state index contributed by atoms with van der Waals surface area (Å²) in [5.41, 5.74) is 2.51. The summed E-state index contributed by atoms with van der Waals surface area (Å²) in [6, 6.07) is 17.6.